The minimum Gasteiger partial charge on any atom is -0.351 e. The largest absolute Gasteiger partial charge is 0.351 e. The van der Waals surface area contributed by atoms with Gasteiger partial charge in [0, 0.05) is 28.8 Å². The Morgan fingerprint density at radius 2 is 1.70 bits per heavy atom. The molecule has 0 unspecified atom stereocenters. The highest BCUT2D eigenvalue weighted by Gasteiger charge is 2.47. The number of halogens is 3. The predicted octanol–water partition coefficient (Wildman–Crippen LogP) is 7.36. The third-order valence-corrected chi connectivity index (χ3v) is 9.27. The third kappa shape index (κ3) is 4.69. The predicted molar refractivity (Wildman–Crippen MR) is 141 cm³/mol. The smallest absolute Gasteiger partial charge is 0.272 e. The molecule has 0 atom stereocenters. The molecule has 194 valence electrons. The number of nitrogens with zero attached hydrogens (tertiary/aromatic N) is 2. The number of hydrogen-bond acceptors (Lipinski definition) is 2. The number of amides is 1. The summed E-state index contributed by atoms with van der Waals surface area (Å²) in [6.45, 7) is 2.40. The van der Waals surface area contributed by atoms with E-state index in [1.165, 1.54) is 55.3 Å². The van der Waals surface area contributed by atoms with Crippen molar-refractivity contribution in [3.8, 4) is 16.9 Å². The summed E-state index contributed by atoms with van der Waals surface area (Å²) in [5, 5.41) is 8.12. The molecule has 4 aliphatic carbocycles. The van der Waals surface area contributed by atoms with Crippen LogP contribution in [0.15, 0.2) is 42.5 Å². The van der Waals surface area contributed by atoms with Gasteiger partial charge < -0.3 is 5.32 Å². The topological polar surface area (TPSA) is 46.9 Å². The molecule has 7 heteroatoms. The van der Waals surface area contributed by atoms with Crippen molar-refractivity contribution in [2.24, 2.45) is 29.6 Å². The number of benzene rings is 2. The van der Waals surface area contributed by atoms with Crippen molar-refractivity contribution in [2.75, 3.05) is 6.54 Å². The SMILES string of the molecule is Cc1c(C(=O)NCCCC2C3CC4CC(C3)CC2C4)nn(-c2ccc(F)cc2F)c1-c1ccc(Cl)cc1. The van der Waals surface area contributed by atoms with Crippen LogP contribution in [0.4, 0.5) is 8.78 Å². The molecule has 1 amide bonds. The quantitative estimate of drug-likeness (QED) is 0.329. The standard InChI is InChI=1S/C30H32ClF2N3O/c1-17-28(30(37)34-10-2-3-25-21-12-18-11-19(14-21)15-22(25)13-18)35-36(27-9-8-24(32)16-26(27)33)29(17)20-4-6-23(31)7-5-20/h4-9,16,18-19,21-22,25H,2-3,10-15H2,1H3,(H,34,37). The van der Waals surface area contributed by atoms with Gasteiger partial charge in [-0.05, 0) is 106 Å². The average Bonchev–Trinajstić information content (AvgIpc) is 3.20. The van der Waals surface area contributed by atoms with Gasteiger partial charge in [-0.2, -0.15) is 5.10 Å². The molecule has 1 N–H and O–H groups in total. The van der Waals surface area contributed by atoms with Crippen LogP contribution in [0.2, 0.25) is 5.02 Å². The van der Waals surface area contributed by atoms with Crippen molar-refractivity contribution in [2.45, 2.75) is 51.9 Å². The van der Waals surface area contributed by atoms with Crippen LogP contribution in [-0.4, -0.2) is 22.2 Å². The Labute approximate surface area is 221 Å². The number of rotatable bonds is 7. The molecule has 2 aromatic carbocycles. The molecule has 0 saturated heterocycles. The van der Waals surface area contributed by atoms with Crippen LogP contribution in [-0.2, 0) is 0 Å². The molecule has 4 nitrogen and oxygen atoms in total. The van der Waals surface area contributed by atoms with Gasteiger partial charge in [-0.15, -0.1) is 0 Å². The number of carbonyl (C=O) groups is 1. The lowest BCUT2D eigenvalue weighted by atomic mass is 9.51. The average molecular weight is 524 g/mol. The van der Waals surface area contributed by atoms with Gasteiger partial charge in [-0.25, -0.2) is 13.5 Å². The van der Waals surface area contributed by atoms with Crippen molar-refractivity contribution in [1.82, 2.24) is 15.1 Å². The zero-order valence-corrected chi connectivity index (χ0v) is 21.8. The van der Waals surface area contributed by atoms with E-state index in [4.69, 9.17) is 11.6 Å². The molecule has 0 aliphatic heterocycles. The molecule has 37 heavy (non-hydrogen) atoms. The zero-order valence-electron chi connectivity index (χ0n) is 21.0. The van der Waals surface area contributed by atoms with Crippen LogP contribution < -0.4 is 5.32 Å². The number of hydrogen-bond donors (Lipinski definition) is 1. The van der Waals surface area contributed by atoms with Gasteiger partial charge in [-0.3, -0.25) is 4.79 Å². The van der Waals surface area contributed by atoms with E-state index in [0.717, 1.165) is 47.6 Å². The molecule has 7 rings (SSSR count). The fourth-order valence-electron chi connectivity index (χ4n) is 7.62. The van der Waals surface area contributed by atoms with Crippen molar-refractivity contribution < 1.29 is 13.6 Å². The van der Waals surface area contributed by atoms with E-state index in [-0.39, 0.29) is 17.3 Å². The number of carbonyl (C=O) groups excluding carboxylic acids is 1. The highest BCUT2D eigenvalue weighted by molar-refractivity contribution is 6.30. The summed E-state index contributed by atoms with van der Waals surface area (Å²) in [6.07, 6.45) is 9.22. The minimum atomic E-state index is -0.750. The van der Waals surface area contributed by atoms with Crippen molar-refractivity contribution in [3.05, 3.63) is 70.4 Å². The van der Waals surface area contributed by atoms with Gasteiger partial charge >= 0.3 is 0 Å². The fraction of sp³-hybridized carbons (Fsp3) is 0.467. The summed E-state index contributed by atoms with van der Waals surface area (Å²) in [5.74, 6) is 2.82. The van der Waals surface area contributed by atoms with E-state index in [1.54, 1.807) is 31.2 Å². The van der Waals surface area contributed by atoms with Crippen LogP contribution in [0.5, 0.6) is 0 Å². The summed E-state index contributed by atoms with van der Waals surface area (Å²) < 4.78 is 29.7. The highest BCUT2D eigenvalue weighted by Crippen LogP contribution is 2.57. The van der Waals surface area contributed by atoms with Crippen LogP contribution >= 0.6 is 11.6 Å². The van der Waals surface area contributed by atoms with E-state index in [9.17, 15) is 13.6 Å². The molecule has 1 aromatic heterocycles. The number of nitrogens with one attached hydrogen (secondary N) is 1. The molecule has 4 aliphatic rings. The second-order valence-electron chi connectivity index (χ2n) is 11.3. The monoisotopic (exact) mass is 523 g/mol. The molecular formula is C30H32ClF2N3O. The lowest BCUT2D eigenvalue weighted by Gasteiger charge is -2.54. The first kappa shape index (κ1) is 24.6. The maximum atomic E-state index is 14.8. The van der Waals surface area contributed by atoms with Gasteiger partial charge in [-0.1, -0.05) is 23.7 Å². The van der Waals surface area contributed by atoms with E-state index in [1.807, 2.05) is 0 Å². The third-order valence-electron chi connectivity index (χ3n) is 9.01. The lowest BCUT2D eigenvalue weighted by molar-refractivity contribution is -0.0401. The summed E-state index contributed by atoms with van der Waals surface area (Å²) in [4.78, 5) is 13.2. The first-order valence-corrected chi connectivity index (χ1v) is 13.8. The second kappa shape index (κ2) is 9.86. The number of aromatic nitrogens is 2. The first-order chi connectivity index (χ1) is 17.9. The summed E-state index contributed by atoms with van der Waals surface area (Å²) >= 11 is 6.07. The Kier molecular flexibility index (Phi) is 6.56. The zero-order chi connectivity index (χ0) is 25.7. The van der Waals surface area contributed by atoms with Gasteiger partial charge in [0.2, 0.25) is 0 Å². The second-order valence-corrected chi connectivity index (χ2v) is 11.8. The molecule has 1 heterocycles. The molecule has 4 saturated carbocycles. The summed E-state index contributed by atoms with van der Waals surface area (Å²) in [6, 6.07) is 10.4. The Bertz CT molecular complexity index is 1290. The molecule has 4 bridgehead atoms. The Balaban J connectivity index is 1.19. The normalized spacial score (nSPS) is 26.0. The highest BCUT2D eigenvalue weighted by atomic mass is 35.5. The summed E-state index contributed by atoms with van der Waals surface area (Å²) in [7, 11) is 0. The van der Waals surface area contributed by atoms with Gasteiger partial charge in [0.25, 0.3) is 5.91 Å². The minimum absolute atomic E-state index is 0.0791. The fourth-order valence-corrected chi connectivity index (χ4v) is 7.74. The van der Waals surface area contributed by atoms with Crippen LogP contribution in [0, 0.1) is 48.1 Å². The van der Waals surface area contributed by atoms with E-state index >= 15 is 0 Å². The van der Waals surface area contributed by atoms with Gasteiger partial charge in [0.1, 0.15) is 11.5 Å². The van der Waals surface area contributed by atoms with Gasteiger partial charge in [0.05, 0.1) is 5.69 Å². The Hall–Kier alpha value is -2.73. The van der Waals surface area contributed by atoms with Crippen molar-refractivity contribution in [1.29, 1.82) is 0 Å². The van der Waals surface area contributed by atoms with Crippen LogP contribution in [0.25, 0.3) is 16.9 Å². The maximum Gasteiger partial charge on any atom is 0.272 e. The van der Waals surface area contributed by atoms with E-state index in [2.05, 4.69) is 10.4 Å². The lowest BCUT2D eigenvalue weighted by Crippen LogP contribution is -2.45. The van der Waals surface area contributed by atoms with Gasteiger partial charge in [0.15, 0.2) is 11.5 Å². The summed E-state index contributed by atoms with van der Waals surface area (Å²) in [5.41, 5.74) is 2.25. The Morgan fingerprint density at radius 1 is 1.03 bits per heavy atom. The molecule has 3 aromatic rings. The molecule has 4 fully saturated rings. The van der Waals surface area contributed by atoms with E-state index in [0.29, 0.717) is 22.8 Å². The Morgan fingerprint density at radius 3 is 2.35 bits per heavy atom. The van der Waals surface area contributed by atoms with Crippen LogP contribution in [0.1, 0.15) is 61.0 Å². The molecule has 0 spiro atoms. The van der Waals surface area contributed by atoms with Crippen molar-refractivity contribution in [3.63, 3.8) is 0 Å². The van der Waals surface area contributed by atoms with Crippen LogP contribution in [0.3, 0.4) is 0 Å². The molecular weight excluding hydrogens is 492 g/mol. The molecule has 0 radical (unpaired) electrons. The first-order valence-electron chi connectivity index (χ1n) is 13.5. The van der Waals surface area contributed by atoms with E-state index < -0.39 is 11.6 Å². The maximum absolute atomic E-state index is 14.8. The van der Waals surface area contributed by atoms with Crippen molar-refractivity contribution >= 4 is 17.5 Å².